The third-order valence-electron chi connectivity index (χ3n) is 4.03. The Balaban J connectivity index is 1.96. The van der Waals surface area contributed by atoms with Crippen LogP contribution in [-0.2, 0) is 7.05 Å². The molecule has 0 N–H and O–H groups in total. The molecule has 2 heterocycles. The number of carbonyl (C=O) groups is 1. The van der Waals surface area contributed by atoms with Crippen molar-refractivity contribution in [3.8, 4) is 11.5 Å². The molecule has 1 atom stereocenters. The Morgan fingerprint density at radius 2 is 2.04 bits per heavy atom. The van der Waals surface area contributed by atoms with Crippen LogP contribution in [0.25, 0.3) is 0 Å². The van der Waals surface area contributed by atoms with Crippen LogP contribution in [0.15, 0.2) is 35.1 Å². The number of carbonyl (C=O) groups excluding carboxylic acids is 1. The molecule has 2 aromatic rings. The quantitative estimate of drug-likeness (QED) is 0.825. The summed E-state index contributed by atoms with van der Waals surface area (Å²) in [5.74, 6) is 2.00. The van der Waals surface area contributed by atoms with Crippen LogP contribution in [-0.4, -0.2) is 47.1 Å². The summed E-state index contributed by atoms with van der Waals surface area (Å²) in [6, 6.07) is 8.36. The van der Waals surface area contributed by atoms with Crippen molar-refractivity contribution >= 4 is 17.7 Å². The molecule has 25 heavy (non-hydrogen) atoms. The number of rotatable bonds is 4. The summed E-state index contributed by atoms with van der Waals surface area (Å²) in [5.41, 5.74) is 0.873. The van der Waals surface area contributed by atoms with Gasteiger partial charge in [0.25, 0.3) is 11.5 Å². The Morgan fingerprint density at radius 3 is 2.72 bits per heavy atom. The van der Waals surface area contributed by atoms with Crippen LogP contribution in [0.2, 0.25) is 0 Å². The van der Waals surface area contributed by atoms with Gasteiger partial charge >= 0.3 is 0 Å². The van der Waals surface area contributed by atoms with Crippen LogP contribution in [0.1, 0.15) is 21.4 Å². The Labute approximate surface area is 149 Å². The van der Waals surface area contributed by atoms with Gasteiger partial charge in [-0.15, -0.1) is 11.8 Å². The van der Waals surface area contributed by atoms with E-state index in [0.29, 0.717) is 18.0 Å². The molecular formula is C17H19N3O4S. The molecule has 1 aromatic heterocycles. The third-order valence-corrected chi connectivity index (χ3v) is 5.28. The lowest BCUT2D eigenvalue weighted by Crippen LogP contribution is -2.33. The first-order valence-corrected chi connectivity index (χ1v) is 8.79. The molecule has 8 heteroatoms. The van der Waals surface area contributed by atoms with Gasteiger partial charge in [-0.2, -0.15) is 5.10 Å². The minimum Gasteiger partial charge on any atom is -0.497 e. The fraction of sp³-hybridized carbons (Fsp3) is 0.353. The summed E-state index contributed by atoms with van der Waals surface area (Å²) in [6.07, 6.45) is 0. The number of amides is 1. The van der Waals surface area contributed by atoms with Gasteiger partial charge in [0.15, 0.2) is 0 Å². The first-order valence-electron chi connectivity index (χ1n) is 7.74. The number of ether oxygens (including phenoxy) is 2. The highest BCUT2D eigenvalue weighted by Gasteiger charge is 2.34. The molecule has 132 valence electrons. The van der Waals surface area contributed by atoms with Crippen molar-refractivity contribution in [1.82, 2.24) is 14.7 Å². The summed E-state index contributed by atoms with van der Waals surface area (Å²) in [5, 5.41) is 3.87. The minimum atomic E-state index is -0.252. The normalized spacial score (nSPS) is 16.8. The molecule has 1 aliphatic rings. The van der Waals surface area contributed by atoms with E-state index in [1.807, 2.05) is 18.2 Å². The number of hydrogen-bond acceptors (Lipinski definition) is 6. The van der Waals surface area contributed by atoms with E-state index in [-0.39, 0.29) is 22.5 Å². The van der Waals surface area contributed by atoms with Gasteiger partial charge in [0.05, 0.1) is 14.2 Å². The Hall–Kier alpha value is -2.48. The van der Waals surface area contributed by atoms with Crippen molar-refractivity contribution in [2.24, 2.45) is 7.05 Å². The zero-order valence-corrected chi connectivity index (χ0v) is 15.1. The van der Waals surface area contributed by atoms with Crippen LogP contribution >= 0.6 is 11.8 Å². The highest BCUT2D eigenvalue weighted by atomic mass is 32.2. The van der Waals surface area contributed by atoms with Crippen LogP contribution < -0.4 is 15.0 Å². The number of aryl methyl sites for hydroxylation is 1. The van der Waals surface area contributed by atoms with Gasteiger partial charge in [0.2, 0.25) is 0 Å². The van der Waals surface area contributed by atoms with Crippen molar-refractivity contribution in [3.63, 3.8) is 0 Å². The van der Waals surface area contributed by atoms with Gasteiger partial charge in [-0.25, -0.2) is 4.68 Å². The fourth-order valence-corrected chi connectivity index (χ4v) is 4.00. The van der Waals surface area contributed by atoms with Crippen molar-refractivity contribution in [1.29, 1.82) is 0 Å². The summed E-state index contributed by atoms with van der Waals surface area (Å²) in [7, 11) is 4.73. The van der Waals surface area contributed by atoms with Crippen LogP contribution in [0.4, 0.5) is 0 Å². The van der Waals surface area contributed by atoms with Gasteiger partial charge < -0.3 is 14.4 Å². The van der Waals surface area contributed by atoms with Gasteiger partial charge in [0.1, 0.15) is 22.6 Å². The molecule has 0 spiro atoms. The van der Waals surface area contributed by atoms with E-state index in [1.54, 1.807) is 30.9 Å². The minimum absolute atomic E-state index is 0.198. The highest BCUT2D eigenvalue weighted by molar-refractivity contribution is 7.99. The lowest BCUT2D eigenvalue weighted by Gasteiger charge is -2.25. The highest BCUT2D eigenvalue weighted by Crippen LogP contribution is 2.43. The number of benzene rings is 1. The lowest BCUT2D eigenvalue weighted by atomic mass is 10.1. The molecule has 0 aliphatic carbocycles. The van der Waals surface area contributed by atoms with E-state index < -0.39 is 0 Å². The van der Waals surface area contributed by atoms with Crippen LogP contribution in [0.5, 0.6) is 11.5 Å². The van der Waals surface area contributed by atoms with Crippen molar-refractivity contribution < 1.29 is 14.3 Å². The average Bonchev–Trinajstić information content (AvgIpc) is 3.12. The molecule has 1 saturated heterocycles. The standard InChI is InChI=1S/C17H19N3O4S/c1-19-15(21)7-5-13(18-19)16(22)20-8-9-25-17(20)12-10-11(23-2)4-6-14(12)24-3/h4-7,10,17H,8-9H2,1-3H3. The fourth-order valence-electron chi connectivity index (χ4n) is 2.73. The van der Waals surface area contributed by atoms with E-state index >= 15 is 0 Å². The topological polar surface area (TPSA) is 73.7 Å². The van der Waals surface area contributed by atoms with Gasteiger partial charge in [0, 0.05) is 31.0 Å². The second-order valence-corrected chi connectivity index (χ2v) is 6.70. The Morgan fingerprint density at radius 1 is 1.24 bits per heavy atom. The smallest absolute Gasteiger partial charge is 0.275 e. The van der Waals surface area contributed by atoms with E-state index in [1.165, 1.54) is 19.2 Å². The SMILES string of the molecule is COc1ccc(OC)c(C2SCCN2C(=O)c2ccc(=O)n(C)n2)c1. The molecule has 1 fully saturated rings. The Kier molecular flexibility index (Phi) is 4.98. The largest absolute Gasteiger partial charge is 0.497 e. The van der Waals surface area contributed by atoms with Crippen molar-refractivity contribution in [2.45, 2.75) is 5.37 Å². The van der Waals surface area contributed by atoms with E-state index in [2.05, 4.69) is 5.10 Å². The van der Waals surface area contributed by atoms with E-state index in [9.17, 15) is 9.59 Å². The molecule has 1 aliphatic heterocycles. The maximum absolute atomic E-state index is 12.9. The van der Waals surface area contributed by atoms with Crippen molar-refractivity contribution in [2.75, 3.05) is 26.5 Å². The zero-order valence-electron chi connectivity index (χ0n) is 14.3. The first kappa shape index (κ1) is 17.3. The van der Waals surface area contributed by atoms with E-state index in [0.717, 1.165) is 16.0 Å². The number of hydrogen-bond donors (Lipinski definition) is 0. The van der Waals surface area contributed by atoms with Crippen LogP contribution in [0, 0.1) is 0 Å². The molecule has 0 bridgehead atoms. The second kappa shape index (κ2) is 7.18. The maximum atomic E-state index is 12.9. The molecule has 7 nitrogen and oxygen atoms in total. The molecule has 1 aromatic carbocycles. The molecule has 1 amide bonds. The molecule has 1 unspecified atom stereocenters. The lowest BCUT2D eigenvalue weighted by molar-refractivity contribution is 0.0750. The number of thioether (sulfide) groups is 1. The average molecular weight is 361 g/mol. The monoisotopic (exact) mass is 361 g/mol. The zero-order chi connectivity index (χ0) is 18.0. The molecule has 0 saturated carbocycles. The van der Waals surface area contributed by atoms with Gasteiger partial charge in [-0.1, -0.05) is 0 Å². The van der Waals surface area contributed by atoms with E-state index in [4.69, 9.17) is 9.47 Å². The summed E-state index contributed by atoms with van der Waals surface area (Å²) in [6.45, 7) is 0.596. The predicted molar refractivity (Wildman–Crippen MR) is 95.3 cm³/mol. The number of methoxy groups -OCH3 is 2. The summed E-state index contributed by atoms with van der Waals surface area (Å²) >= 11 is 1.66. The maximum Gasteiger partial charge on any atom is 0.275 e. The van der Waals surface area contributed by atoms with Crippen LogP contribution in [0.3, 0.4) is 0 Å². The van der Waals surface area contributed by atoms with Crippen molar-refractivity contribution in [3.05, 3.63) is 51.9 Å². The second-order valence-electron chi connectivity index (χ2n) is 5.51. The predicted octanol–water partition coefficient (Wildman–Crippen LogP) is 1.69. The van der Waals surface area contributed by atoms with Gasteiger partial charge in [-0.05, 0) is 24.3 Å². The summed E-state index contributed by atoms with van der Waals surface area (Å²) < 4.78 is 11.9. The van der Waals surface area contributed by atoms with Gasteiger partial charge in [-0.3, -0.25) is 9.59 Å². The molecular weight excluding hydrogens is 342 g/mol. The number of nitrogens with zero attached hydrogens (tertiary/aromatic N) is 3. The number of aromatic nitrogens is 2. The third kappa shape index (κ3) is 3.34. The first-order chi connectivity index (χ1) is 12.0. The Bertz CT molecular complexity index is 852. The summed E-state index contributed by atoms with van der Waals surface area (Å²) in [4.78, 5) is 26.2. The molecule has 0 radical (unpaired) electrons. The molecule has 3 rings (SSSR count).